The first-order chi connectivity index (χ1) is 12.0. The number of benzene rings is 1. The zero-order chi connectivity index (χ0) is 18.2. The molecule has 2 rings (SSSR count). The number of nitrogens with one attached hydrogen (secondary N) is 2. The van der Waals surface area contributed by atoms with E-state index in [2.05, 4.69) is 20.6 Å². The monoisotopic (exact) mass is 343 g/mol. The van der Waals surface area contributed by atoms with Crippen molar-refractivity contribution in [3.8, 4) is 0 Å². The Balaban J connectivity index is 1.87. The second-order valence-electron chi connectivity index (χ2n) is 6.05. The molecule has 0 aliphatic rings. The lowest BCUT2D eigenvalue weighted by atomic mass is 10.1. The van der Waals surface area contributed by atoms with Gasteiger partial charge in [0.2, 0.25) is 0 Å². The van der Waals surface area contributed by atoms with Crippen molar-refractivity contribution in [3.63, 3.8) is 0 Å². The molecule has 1 aromatic heterocycles. The molecule has 0 bridgehead atoms. The number of pyridine rings is 1. The lowest BCUT2D eigenvalue weighted by molar-refractivity contribution is 0.625. The van der Waals surface area contributed by atoms with Gasteiger partial charge in [-0.15, -0.1) is 0 Å². The molecular formula is C19H26FN5. The van der Waals surface area contributed by atoms with Crippen molar-refractivity contribution in [1.29, 1.82) is 0 Å². The topological polar surface area (TPSA) is 52.6 Å². The van der Waals surface area contributed by atoms with E-state index in [0.717, 1.165) is 41.4 Å². The number of guanidine groups is 1. The van der Waals surface area contributed by atoms with Crippen LogP contribution in [0.3, 0.4) is 0 Å². The summed E-state index contributed by atoms with van der Waals surface area (Å²) in [7, 11) is 5.70. The van der Waals surface area contributed by atoms with Gasteiger partial charge in [0.25, 0.3) is 0 Å². The largest absolute Gasteiger partial charge is 0.362 e. The molecule has 1 heterocycles. The molecule has 0 saturated carbocycles. The van der Waals surface area contributed by atoms with Gasteiger partial charge in [-0.3, -0.25) is 4.99 Å². The molecule has 25 heavy (non-hydrogen) atoms. The highest BCUT2D eigenvalue weighted by molar-refractivity contribution is 5.79. The summed E-state index contributed by atoms with van der Waals surface area (Å²) in [6.45, 7) is 3.28. The van der Waals surface area contributed by atoms with E-state index in [4.69, 9.17) is 0 Å². The average molecular weight is 343 g/mol. The van der Waals surface area contributed by atoms with Gasteiger partial charge >= 0.3 is 0 Å². The first kappa shape index (κ1) is 18.7. The van der Waals surface area contributed by atoms with Crippen LogP contribution in [0.1, 0.15) is 16.7 Å². The summed E-state index contributed by atoms with van der Waals surface area (Å²) in [6.07, 6.45) is 2.60. The van der Waals surface area contributed by atoms with Crippen LogP contribution in [-0.4, -0.2) is 38.6 Å². The molecule has 0 unspecified atom stereocenters. The number of anilines is 1. The average Bonchev–Trinajstić information content (AvgIpc) is 2.59. The molecular weight excluding hydrogens is 317 g/mol. The maximum Gasteiger partial charge on any atom is 0.191 e. The molecule has 0 saturated heterocycles. The number of aromatic nitrogens is 1. The molecule has 0 atom stereocenters. The Morgan fingerprint density at radius 3 is 2.68 bits per heavy atom. The summed E-state index contributed by atoms with van der Waals surface area (Å²) < 4.78 is 13.2. The maximum absolute atomic E-state index is 13.2. The van der Waals surface area contributed by atoms with E-state index >= 15 is 0 Å². The first-order valence-electron chi connectivity index (χ1n) is 8.32. The molecule has 0 aliphatic heterocycles. The van der Waals surface area contributed by atoms with Crippen LogP contribution in [0, 0.1) is 12.7 Å². The highest BCUT2D eigenvalue weighted by Gasteiger charge is 2.06. The van der Waals surface area contributed by atoms with Crippen molar-refractivity contribution in [2.45, 2.75) is 19.9 Å². The van der Waals surface area contributed by atoms with Crippen LogP contribution in [0.25, 0.3) is 0 Å². The molecule has 1 aromatic carbocycles. The summed E-state index contributed by atoms with van der Waals surface area (Å²) in [6, 6.07) is 8.87. The fourth-order valence-corrected chi connectivity index (χ4v) is 2.63. The lowest BCUT2D eigenvalue weighted by Gasteiger charge is -2.17. The third-order valence-electron chi connectivity index (χ3n) is 3.95. The van der Waals surface area contributed by atoms with Crippen LogP contribution >= 0.6 is 0 Å². The van der Waals surface area contributed by atoms with E-state index in [0.29, 0.717) is 6.54 Å². The molecule has 0 spiro atoms. The predicted octanol–water partition coefficient (Wildman–Crippen LogP) is 2.50. The standard InChI is InChI=1S/C19H26FN5/c1-14-12-17(20)8-7-15(14)9-11-23-19(21-2)24-13-16-6-5-10-22-18(16)25(3)4/h5-8,10,12H,9,11,13H2,1-4H3,(H2,21,23,24). The maximum atomic E-state index is 13.2. The van der Waals surface area contributed by atoms with E-state index in [1.807, 2.05) is 44.1 Å². The predicted molar refractivity (Wildman–Crippen MR) is 102 cm³/mol. The van der Waals surface area contributed by atoms with Crippen molar-refractivity contribution >= 4 is 11.8 Å². The molecule has 134 valence electrons. The number of halogens is 1. The van der Waals surface area contributed by atoms with E-state index in [1.54, 1.807) is 19.3 Å². The van der Waals surface area contributed by atoms with Crippen molar-refractivity contribution in [2.75, 3.05) is 32.6 Å². The molecule has 2 N–H and O–H groups in total. The quantitative estimate of drug-likeness (QED) is 0.625. The summed E-state index contributed by atoms with van der Waals surface area (Å²) in [5.41, 5.74) is 3.20. The Kier molecular flexibility index (Phi) is 6.74. The van der Waals surface area contributed by atoms with Crippen molar-refractivity contribution < 1.29 is 4.39 Å². The van der Waals surface area contributed by atoms with Crippen LogP contribution in [-0.2, 0) is 13.0 Å². The van der Waals surface area contributed by atoms with Crippen molar-refractivity contribution in [1.82, 2.24) is 15.6 Å². The Morgan fingerprint density at radius 1 is 1.20 bits per heavy atom. The second-order valence-corrected chi connectivity index (χ2v) is 6.05. The van der Waals surface area contributed by atoms with Gasteiger partial charge in [0.1, 0.15) is 11.6 Å². The highest BCUT2D eigenvalue weighted by atomic mass is 19.1. The summed E-state index contributed by atoms with van der Waals surface area (Å²) in [4.78, 5) is 10.6. The summed E-state index contributed by atoms with van der Waals surface area (Å²) in [5, 5.41) is 6.59. The first-order valence-corrected chi connectivity index (χ1v) is 8.32. The lowest BCUT2D eigenvalue weighted by Crippen LogP contribution is -2.38. The zero-order valence-electron chi connectivity index (χ0n) is 15.3. The van der Waals surface area contributed by atoms with Gasteiger partial charge in [0, 0.05) is 46.0 Å². The number of hydrogen-bond acceptors (Lipinski definition) is 3. The third kappa shape index (κ3) is 5.45. The van der Waals surface area contributed by atoms with Crippen LogP contribution in [0.4, 0.5) is 10.2 Å². The normalized spacial score (nSPS) is 11.3. The van der Waals surface area contributed by atoms with Crippen LogP contribution < -0.4 is 15.5 Å². The van der Waals surface area contributed by atoms with Gasteiger partial charge in [0.05, 0.1) is 0 Å². The highest BCUT2D eigenvalue weighted by Crippen LogP contribution is 2.13. The Morgan fingerprint density at radius 2 is 2.00 bits per heavy atom. The molecule has 6 heteroatoms. The third-order valence-corrected chi connectivity index (χ3v) is 3.95. The van der Waals surface area contributed by atoms with E-state index < -0.39 is 0 Å². The van der Waals surface area contributed by atoms with Gasteiger partial charge in [-0.25, -0.2) is 9.37 Å². The Hall–Kier alpha value is -2.63. The Labute approximate surface area is 149 Å². The van der Waals surface area contributed by atoms with Crippen LogP contribution in [0.15, 0.2) is 41.5 Å². The smallest absolute Gasteiger partial charge is 0.191 e. The van der Waals surface area contributed by atoms with E-state index in [1.165, 1.54) is 6.07 Å². The fourth-order valence-electron chi connectivity index (χ4n) is 2.63. The van der Waals surface area contributed by atoms with E-state index in [9.17, 15) is 4.39 Å². The summed E-state index contributed by atoms with van der Waals surface area (Å²) in [5.74, 6) is 1.47. The molecule has 0 fully saturated rings. The number of hydrogen-bond donors (Lipinski definition) is 2. The van der Waals surface area contributed by atoms with Gasteiger partial charge in [0.15, 0.2) is 5.96 Å². The molecule has 2 aromatic rings. The minimum atomic E-state index is -0.195. The number of nitrogens with zero attached hydrogens (tertiary/aromatic N) is 3. The number of aryl methyl sites for hydroxylation is 1. The van der Waals surface area contributed by atoms with E-state index in [-0.39, 0.29) is 5.82 Å². The molecule has 0 radical (unpaired) electrons. The van der Waals surface area contributed by atoms with Gasteiger partial charge in [-0.1, -0.05) is 12.1 Å². The van der Waals surface area contributed by atoms with Crippen LogP contribution in [0.5, 0.6) is 0 Å². The minimum absolute atomic E-state index is 0.195. The minimum Gasteiger partial charge on any atom is -0.362 e. The van der Waals surface area contributed by atoms with Crippen molar-refractivity contribution in [3.05, 3.63) is 59.0 Å². The number of aliphatic imine (C=N–C) groups is 1. The SMILES string of the molecule is CN=C(NCCc1ccc(F)cc1C)NCc1cccnc1N(C)C. The van der Waals surface area contributed by atoms with Crippen LogP contribution in [0.2, 0.25) is 0 Å². The van der Waals surface area contributed by atoms with Gasteiger partial charge in [-0.05, 0) is 42.7 Å². The molecule has 0 amide bonds. The Bertz CT molecular complexity index is 728. The van der Waals surface area contributed by atoms with Gasteiger partial charge < -0.3 is 15.5 Å². The fraction of sp³-hybridized carbons (Fsp3) is 0.368. The molecule has 0 aliphatic carbocycles. The zero-order valence-corrected chi connectivity index (χ0v) is 15.3. The summed E-state index contributed by atoms with van der Waals surface area (Å²) >= 11 is 0. The number of rotatable bonds is 6. The van der Waals surface area contributed by atoms with Crippen molar-refractivity contribution in [2.24, 2.45) is 4.99 Å². The van der Waals surface area contributed by atoms with Gasteiger partial charge in [-0.2, -0.15) is 0 Å². The second kappa shape index (κ2) is 9.01. The molecule has 5 nitrogen and oxygen atoms in total.